The number of aliphatic hydroxyl groups is 1. The molecular weight excluding hydrogens is 272 g/mol. The van der Waals surface area contributed by atoms with Crippen LogP contribution in [0.1, 0.15) is 24.6 Å². The molecule has 20 heavy (non-hydrogen) atoms. The Labute approximate surface area is 125 Å². The third-order valence-corrected chi connectivity index (χ3v) is 4.62. The van der Waals surface area contributed by atoms with Gasteiger partial charge in [-0.05, 0) is 38.3 Å². The van der Waals surface area contributed by atoms with Crippen LogP contribution in [-0.2, 0) is 11.3 Å². The Bertz CT molecular complexity index is 368. The Balaban J connectivity index is 1.50. The van der Waals surface area contributed by atoms with Gasteiger partial charge < -0.3 is 15.2 Å². The highest BCUT2D eigenvalue weighted by Crippen LogP contribution is 2.26. The molecule has 2 unspecified atom stereocenters. The van der Waals surface area contributed by atoms with E-state index in [-0.39, 0.29) is 0 Å². The number of ether oxygens (including phenoxy) is 1. The molecule has 1 aliphatic rings. The number of rotatable bonds is 10. The summed E-state index contributed by atoms with van der Waals surface area (Å²) in [5, 5.41) is 15.2. The second kappa shape index (κ2) is 8.10. The van der Waals surface area contributed by atoms with Crippen LogP contribution >= 0.6 is 11.3 Å². The standard InChI is InChI=1S/C15H26N2O2S/c1-12(17(2)13-5-6-13)8-16-9-14(18)10-19-11-15-4-3-7-20-15/h3-4,7,12-14,16,18H,5-6,8-11H2,1-2H3. The number of nitrogens with zero attached hydrogens (tertiary/aromatic N) is 1. The first-order chi connectivity index (χ1) is 9.66. The lowest BCUT2D eigenvalue weighted by atomic mass is 10.2. The quantitative estimate of drug-likeness (QED) is 0.690. The predicted molar refractivity (Wildman–Crippen MR) is 83.1 cm³/mol. The molecule has 2 rings (SSSR count). The van der Waals surface area contributed by atoms with E-state index in [1.165, 1.54) is 17.7 Å². The molecule has 1 aromatic heterocycles. The van der Waals surface area contributed by atoms with Gasteiger partial charge >= 0.3 is 0 Å². The minimum Gasteiger partial charge on any atom is -0.389 e. The van der Waals surface area contributed by atoms with Crippen LogP contribution in [0.4, 0.5) is 0 Å². The highest BCUT2D eigenvalue weighted by molar-refractivity contribution is 7.09. The van der Waals surface area contributed by atoms with Gasteiger partial charge in [0.05, 0.1) is 19.3 Å². The second-order valence-corrected chi connectivity index (χ2v) is 6.68. The maximum atomic E-state index is 9.85. The summed E-state index contributed by atoms with van der Waals surface area (Å²) in [7, 11) is 2.19. The number of hydrogen-bond donors (Lipinski definition) is 2. The van der Waals surface area contributed by atoms with E-state index in [4.69, 9.17) is 4.74 Å². The summed E-state index contributed by atoms with van der Waals surface area (Å²) in [6.07, 6.45) is 2.23. The molecule has 0 amide bonds. The minimum atomic E-state index is -0.437. The van der Waals surface area contributed by atoms with Crippen molar-refractivity contribution in [2.24, 2.45) is 0 Å². The fourth-order valence-corrected chi connectivity index (χ4v) is 2.83. The van der Waals surface area contributed by atoms with Crippen LogP contribution < -0.4 is 5.32 Å². The number of thiophene rings is 1. The summed E-state index contributed by atoms with van der Waals surface area (Å²) in [6.45, 7) is 4.71. The largest absolute Gasteiger partial charge is 0.389 e. The van der Waals surface area contributed by atoms with Crippen LogP contribution in [0.3, 0.4) is 0 Å². The van der Waals surface area contributed by atoms with Crippen molar-refractivity contribution in [3.63, 3.8) is 0 Å². The van der Waals surface area contributed by atoms with Gasteiger partial charge in [-0.25, -0.2) is 0 Å². The summed E-state index contributed by atoms with van der Waals surface area (Å²) in [6, 6.07) is 5.36. The van der Waals surface area contributed by atoms with E-state index in [1.54, 1.807) is 11.3 Å². The molecule has 0 saturated heterocycles. The Kier molecular flexibility index (Phi) is 6.45. The molecule has 4 nitrogen and oxygen atoms in total. The van der Waals surface area contributed by atoms with Crippen LogP contribution in [0.2, 0.25) is 0 Å². The molecular formula is C15H26N2O2S. The van der Waals surface area contributed by atoms with Crippen LogP contribution in [0.5, 0.6) is 0 Å². The molecule has 5 heteroatoms. The van der Waals surface area contributed by atoms with Gasteiger partial charge in [-0.3, -0.25) is 4.90 Å². The predicted octanol–water partition coefficient (Wildman–Crippen LogP) is 1.70. The lowest BCUT2D eigenvalue weighted by molar-refractivity contribution is 0.0292. The van der Waals surface area contributed by atoms with Gasteiger partial charge in [-0.1, -0.05) is 6.07 Å². The Morgan fingerprint density at radius 1 is 1.50 bits per heavy atom. The number of aliphatic hydroxyl groups excluding tert-OH is 1. The third-order valence-electron chi connectivity index (χ3n) is 3.77. The SMILES string of the molecule is CC(CNCC(O)COCc1cccs1)N(C)C1CC1. The van der Waals surface area contributed by atoms with Gasteiger partial charge in [0.1, 0.15) is 0 Å². The van der Waals surface area contributed by atoms with Gasteiger partial charge in [0.25, 0.3) is 0 Å². The molecule has 0 aromatic carbocycles. The molecule has 1 heterocycles. The average molecular weight is 298 g/mol. The van der Waals surface area contributed by atoms with Gasteiger partial charge in [-0.15, -0.1) is 11.3 Å². The van der Waals surface area contributed by atoms with Gasteiger partial charge in [0, 0.05) is 30.1 Å². The topological polar surface area (TPSA) is 44.7 Å². The van der Waals surface area contributed by atoms with Crippen molar-refractivity contribution in [2.45, 2.75) is 44.6 Å². The average Bonchev–Trinajstić information content (AvgIpc) is 3.15. The molecule has 1 aromatic rings. The Morgan fingerprint density at radius 3 is 2.95 bits per heavy atom. The van der Waals surface area contributed by atoms with Crippen LogP contribution in [0, 0.1) is 0 Å². The third kappa shape index (κ3) is 5.50. The summed E-state index contributed by atoms with van der Waals surface area (Å²) in [5.41, 5.74) is 0. The summed E-state index contributed by atoms with van der Waals surface area (Å²) in [4.78, 5) is 3.62. The van der Waals surface area contributed by atoms with E-state index in [0.717, 1.165) is 12.6 Å². The molecule has 0 radical (unpaired) electrons. The van der Waals surface area contributed by atoms with E-state index < -0.39 is 6.10 Å². The van der Waals surface area contributed by atoms with Crippen molar-refractivity contribution < 1.29 is 9.84 Å². The van der Waals surface area contributed by atoms with E-state index in [0.29, 0.717) is 25.8 Å². The smallest absolute Gasteiger partial charge is 0.0897 e. The molecule has 0 bridgehead atoms. The zero-order valence-corrected chi connectivity index (χ0v) is 13.2. The number of hydrogen-bond acceptors (Lipinski definition) is 5. The van der Waals surface area contributed by atoms with E-state index >= 15 is 0 Å². The number of nitrogens with one attached hydrogen (secondary N) is 1. The maximum Gasteiger partial charge on any atom is 0.0897 e. The normalized spacial score (nSPS) is 18.4. The molecule has 2 atom stereocenters. The lowest BCUT2D eigenvalue weighted by Crippen LogP contribution is -2.41. The van der Waals surface area contributed by atoms with E-state index in [1.807, 2.05) is 17.5 Å². The first-order valence-corrected chi connectivity index (χ1v) is 8.25. The van der Waals surface area contributed by atoms with Crippen molar-refractivity contribution >= 4 is 11.3 Å². The molecule has 0 spiro atoms. The monoisotopic (exact) mass is 298 g/mol. The fraction of sp³-hybridized carbons (Fsp3) is 0.733. The van der Waals surface area contributed by atoms with Crippen molar-refractivity contribution in [1.29, 1.82) is 0 Å². The van der Waals surface area contributed by atoms with Crippen molar-refractivity contribution in [3.05, 3.63) is 22.4 Å². The van der Waals surface area contributed by atoms with Crippen LogP contribution in [0.25, 0.3) is 0 Å². The molecule has 2 N–H and O–H groups in total. The Hall–Kier alpha value is -0.460. The Morgan fingerprint density at radius 2 is 2.30 bits per heavy atom. The van der Waals surface area contributed by atoms with Crippen molar-refractivity contribution in [3.8, 4) is 0 Å². The summed E-state index contributed by atoms with van der Waals surface area (Å²) in [5.74, 6) is 0. The van der Waals surface area contributed by atoms with Crippen LogP contribution in [0.15, 0.2) is 17.5 Å². The van der Waals surface area contributed by atoms with Crippen LogP contribution in [-0.4, -0.2) is 54.9 Å². The van der Waals surface area contributed by atoms with Crippen molar-refractivity contribution in [1.82, 2.24) is 10.2 Å². The summed E-state index contributed by atoms with van der Waals surface area (Å²) >= 11 is 1.68. The fourth-order valence-electron chi connectivity index (χ4n) is 2.19. The summed E-state index contributed by atoms with van der Waals surface area (Å²) < 4.78 is 5.50. The van der Waals surface area contributed by atoms with Gasteiger partial charge in [-0.2, -0.15) is 0 Å². The molecule has 1 saturated carbocycles. The van der Waals surface area contributed by atoms with Gasteiger partial charge in [0.15, 0.2) is 0 Å². The maximum absolute atomic E-state index is 9.85. The van der Waals surface area contributed by atoms with E-state index in [2.05, 4.69) is 24.2 Å². The second-order valence-electron chi connectivity index (χ2n) is 5.65. The zero-order chi connectivity index (χ0) is 14.4. The lowest BCUT2D eigenvalue weighted by Gasteiger charge is -2.25. The minimum absolute atomic E-state index is 0.387. The van der Waals surface area contributed by atoms with E-state index in [9.17, 15) is 5.11 Å². The molecule has 1 fully saturated rings. The molecule has 0 aliphatic heterocycles. The van der Waals surface area contributed by atoms with Crippen molar-refractivity contribution in [2.75, 3.05) is 26.7 Å². The molecule has 1 aliphatic carbocycles. The highest BCUT2D eigenvalue weighted by atomic mass is 32.1. The zero-order valence-electron chi connectivity index (χ0n) is 12.4. The molecule has 114 valence electrons. The van der Waals surface area contributed by atoms with Gasteiger partial charge in [0.2, 0.25) is 0 Å². The first-order valence-electron chi connectivity index (χ1n) is 7.37. The highest BCUT2D eigenvalue weighted by Gasteiger charge is 2.28. The number of likely N-dealkylation sites (N-methyl/N-ethyl adjacent to an activating group) is 1. The first kappa shape index (κ1) is 15.9.